The first-order valence-corrected chi connectivity index (χ1v) is 19.0. The third-order valence-electron chi connectivity index (χ3n) is 9.40. The fraction of sp³-hybridized carbons (Fsp3) is 0. The van der Waals surface area contributed by atoms with E-state index in [4.69, 9.17) is 33.2 Å². The first-order chi connectivity index (χ1) is 25.0. The fourth-order valence-electron chi connectivity index (χ4n) is 7.14. The molecule has 0 amide bonds. The quantitative estimate of drug-likeness (QED) is 0.247. The van der Waals surface area contributed by atoms with Crippen molar-refractivity contribution in [3.8, 4) is 0 Å². The molecule has 0 radical (unpaired) electrons. The number of fused-ring (bicyclic) bond motifs is 14. The molecule has 4 aliphatic heterocycles. The molecule has 0 fully saturated rings. The van der Waals surface area contributed by atoms with Crippen molar-refractivity contribution in [3.05, 3.63) is 155 Å². The van der Waals surface area contributed by atoms with E-state index in [-0.39, 0.29) is 4.90 Å². The molecular formula is C37H20AlN9O3S. The Labute approximate surface area is 293 Å². The lowest BCUT2D eigenvalue weighted by atomic mass is 10.1. The van der Waals surface area contributed by atoms with Crippen molar-refractivity contribution < 1.29 is 11.7 Å². The standard InChI is InChI=1S/C32H16N8.C5H5NO3S.Al/c1-2-10-18-17(9-1)25-33-26(18)38-28-21-13-5-6-14-22(21)30(35-28)40-32-24-16-8-7-15-23(24)31(36-32)39-29-20-12-4-3-11-19(20)27(34-29)37-25;7-10(8,9)5-2-1-3-6-4-5;/h1-16H;1-4H,(H,7,8,9);/q-2;;+3/p-1. The molecule has 4 aromatic carbocycles. The molecule has 51 heavy (non-hydrogen) atoms. The van der Waals surface area contributed by atoms with Crippen LogP contribution in [0.25, 0.3) is 21.5 Å². The van der Waals surface area contributed by atoms with Crippen LogP contribution in [-0.4, -0.2) is 58.8 Å². The number of aromatic nitrogens is 3. The molecule has 0 atom stereocenters. The summed E-state index contributed by atoms with van der Waals surface area (Å²) in [5, 5.41) is 2.98. The molecular weight excluding hydrogens is 678 g/mol. The number of benzene rings is 4. The Balaban J connectivity index is 1.40. The topological polar surface area (TPSA) is 140 Å². The average Bonchev–Trinajstić information content (AvgIpc) is 3.87. The zero-order valence-electron chi connectivity index (χ0n) is 26.3. The summed E-state index contributed by atoms with van der Waals surface area (Å²) in [6.45, 7) is 0. The molecule has 0 saturated carbocycles. The predicted octanol–water partition coefficient (Wildman–Crippen LogP) is 4.72. The molecule has 0 N–H and O–H groups in total. The fourth-order valence-corrected chi connectivity index (χ4v) is 11.5. The zero-order valence-corrected chi connectivity index (χ0v) is 28.3. The van der Waals surface area contributed by atoms with Gasteiger partial charge in [0.15, 0.2) is 23.3 Å². The number of rotatable bonds is 3. The Morgan fingerprint density at radius 1 is 0.490 bits per heavy atom. The monoisotopic (exact) mass is 697 g/mol. The van der Waals surface area contributed by atoms with Gasteiger partial charge in [-0.3, -0.25) is 4.98 Å². The predicted molar refractivity (Wildman–Crippen MR) is 194 cm³/mol. The van der Waals surface area contributed by atoms with E-state index in [9.17, 15) is 8.42 Å². The summed E-state index contributed by atoms with van der Waals surface area (Å²) in [4.78, 5) is 34.9. The second kappa shape index (κ2) is 10.4. The van der Waals surface area contributed by atoms with Crippen molar-refractivity contribution in [1.29, 1.82) is 0 Å². The molecule has 7 heterocycles. The number of aliphatic imine (C=N–C) groups is 4. The maximum Gasteiger partial charge on any atom is 0.825 e. The van der Waals surface area contributed by atoms with E-state index < -0.39 is 25.0 Å². The summed E-state index contributed by atoms with van der Waals surface area (Å²) >= 11 is -3.63. The van der Waals surface area contributed by atoms with Gasteiger partial charge in [0.25, 0.3) is 10.1 Å². The van der Waals surface area contributed by atoms with Crippen LogP contribution in [0.3, 0.4) is 0 Å². The number of pyridine rings is 1. The summed E-state index contributed by atoms with van der Waals surface area (Å²) in [7, 11) is -4.42. The Kier molecular flexibility index (Phi) is 5.86. The molecule has 0 unspecified atom stereocenters. The maximum atomic E-state index is 14.4. The Hall–Kier alpha value is -6.17. The second-order valence-corrected chi connectivity index (χ2v) is 16.1. The van der Waals surface area contributed by atoms with Gasteiger partial charge in [-0.05, 0) is 12.1 Å². The first kappa shape index (κ1) is 28.6. The largest absolute Gasteiger partial charge is 0.825 e. The maximum absolute atomic E-state index is 14.4. The molecule has 6 bridgehead atoms. The van der Waals surface area contributed by atoms with Crippen LogP contribution >= 0.6 is 0 Å². The van der Waals surface area contributed by atoms with Crippen LogP contribution in [0, 0.1) is 0 Å². The van der Waals surface area contributed by atoms with Gasteiger partial charge in [0.2, 0.25) is 0 Å². The van der Waals surface area contributed by atoms with E-state index in [0.717, 1.165) is 43.8 Å². The highest BCUT2D eigenvalue weighted by Crippen LogP contribution is 2.41. The van der Waals surface area contributed by atoms with E-state index in [2.05, 4.69) is 4.98 Å². The lowest BCUT2D eigenvalue weighted by molar-refractivity contribution is 0.476. The number of nitrogens with zero attached hydrogens (tertiary/aromatic N) is 9. The van der Waals surface area contributed by atoms with E-state index >= 15 is 0 Å². The van der Waals surface area contributed by atoms with Crippen molar-refractivity contribution in [2.24, 2.45) is 30.0 Å². The number of hydrogen-bond acceptors (Lipinski definition) is 10. The van der Waals surface area contributed by atoms with E-state index in [1.165, 1.54) is 18.5 Å². The molecule has 12 nitrogen and oxygen atoms in total. The van der Waals surface area contributed by atoms with Gasteiger partial charge >= 0.3 is 14.9 Å². The minimum Gasteiger partial charge on any atom is -0.358 e. The Bertz CT molecular complexity index is 2930. The van der Waals surface area contributed by atoms with Gasteiger partial charge in [-0.15, -0.1) is 0 Å². The molecule has 14 heteroatoms. The molecule has 3 aromatic heterocycles. The molecule has 0 saturated heterocycles. The Morgan fingerprint density at radius 3 is 1.41 bits per heavy atom. The third kappa shape index (κ3) is 4.10. The van der Waals surface area contributed by atoms with E-state index in [1.807, 2.05) is 104 Å². The van der Waals surface area contributed by atoms with Crippen LogP contribution in [0.5, 0.6) is 0 Å². The van der Waals surface area contributed by atoms with E-state index in [0.29, 0.717) is 46.0 Å². The highest BCUT2D eigenvalue weighted by molar-refractivity contribution is 7.87. The smallest absolute Gasteiger partial charge is 0.358 e. The van der Waals surface area contributed by atoms with Crippen molar-refractivity contribution in [3.63, 3.8) is 0 Å². The molecule has 7 aromatic rings. The molecule has 240 valence electrons. The van der Waals surface area contributed by atoms with Crippen molar-refractivity contribution >= 4 is 81.6 Å². The summed E-state index contributed by atoms with van der Waals surface area (Å²) in [5.74, 6) is 2.69. The van der Waals surface area contributed by atoms with Crippen LogP contribution in [0.15, 0.2) is 156 Å². The molecule has 4 aliphatic rings. The minimum absolute atomic E-state index is 0.0819. The Morgan fingerprint density at radius 2 is 0.941 bits per heavy atom. The van der Waals surface area contributed by atoms with Crippen LogP contribution in [0.1, 0.15) is 22.3 Å². The highest BCUT2D eigenvalue weighted by Gasteiger charge is 2.46. The van der Waals surface area contributed by atoms with Crippen molar-refractivity contribution in [2.45, 2.75) is 4.90 Å². The first-order valence-electron chi connectivity index (χ1n) is 16.1. The number of hydrogen-bond donors (Lipinski definition) is 0. The highest BCUT2D eigenvalue weighted by atomic mass is 32.2. The summed E-state index contributed by atoms with van der Waals surface area (Å²) in [5.41, 5.74) is 4.12. The minimum atomic E-state index is -4.42. The van der Waals surface area contributed by atoms with Gasteiger partial charge in [-0.25, -0.2) is 30.0 Å². The van der Waals surface area contributed by atoms with Crippen molar-refractivity contribution in [2.75, 3.05) is 0 Å². The van der Waals surface area contributed by atoms with Crippen LogP contribution in [0.2, 0.25) is 0 Å². The van der Waals surface area contributed by atoms with Crippen LogP contribution in [-0.2, 0) is 13.4 Å². The second-order valence-electron chi connectivity index (χ2n) is 12.2. The van der Waals surface area contributed by atoms with Gasteiger partial charge in [-0.2, -0.15) is 8.42 Å². The van der Waals surface area contributed by atoms with Crippen LogP contribution in [0.4, 0.5) is 11.6 Å². The molecule has 0 spiro atoms. The average molecular weight is 698 g/mol. The van der Waals surface area contributed by atoms with Gasteiger partial charge in [0.1, 0.15) is 27.5 Å². The zero-order chi connectivity index (χ0) is 33.8. The van der Waals surface area contributed by atoms with Gasteiger partial charge in [0, 0.05) is 56.2 Å². The lowest BCUT2D eigenvalue weighted by Crippen LogP contribution is -2.49. The number of amidine groups is 4. The van der Waals surface area contributed by atoms with Gasteiger partial charge in [0.05, 0.1) is 0 Å². The summed E-state index contributed by atoms with van der Waals surface area (Å²) in [6, 6.07) is 34.1. The van der Waals surface area contributed by atoms with Crippen molar-refractivity contribution in [1.82, 2.24) is 12.1 Å². The molecule has 0 aliphatic carbocycles. The van der Waals surface area contributed by atoms with Gasteiger partial charge in [-0.1, -0.05) is 97.1 Å². The summed E-state index contributed by atoms with van der Waals surface area (Å²) < 4.78 is 39.0. The SMILES string of the molecule is O=S(=O)([O][Al]1[n]2c3c4ccccc4c2N=C2N=C(N=c4c5ccccc5c([n]41)=NC1=NC(=N3)c3ccccc31)c1ccccc12)c1cccnc1. The lowest BCUT2D eigenvalue weighted by Gasteiger charge is -2.19. The van der Waals surface area contributed by atoms with Crippen LogP contribution < -0.4 is 11.0 Å². The molecule has 11 rings (SSSR count). The third-order valence-corrected chi connectivity index (χ3v) is 13.8. The van der Waals surface area contributed by atoms with E-state index in [1.54, 1.807) is 6.07 Å². The van der Waals surface area contributed by atoms with Gasteiger partial charge < -0.3 is 10.3 Å². The summed E-state index contributed by atoms with van der Waals surface area (Å²) in [6.07, 6.45) is 2.80. The normalized spacial score (nSPS) is 15.3.